The number of halogens is 1. The van der Waals surface area contributed by atoms with Gasteiger partial charge in [-0.15, -0.1) is 11.3 Å². The SMILES string of the molecule is O=C(CCn1c(=O)oc2ccccc21)N1CCC(c2nc(-c3ccc(Cl)c([N+](=O)[O-])c3)cs2)CC1. The van der Waals surface area contributed by atoms with Gasteiger partial charge in [-0.25, -0.2) is 9.78 Å². The lowest BCUT2D eigenvalue weighted by Crippen LogP contribution is -2.38. The number of likely N-dealkylation sites (tertiary alicyclic amines) is 1. The van der Waals surface area contributed by atoms with E-state index in [1.807, 2.05) is 16.3 Å². The van der Waals surface area contributed by atoms with Crippen LogP contribution < -0.4 is 5.76 Å². The van der Waals surface area contributed by atoms with E-state index < -0.39 is 10.7 Å². The molecule has 9 nitrogen and oxygen atoms in total. The maximum atomic E-state index is 12.8. The van der Waals surface area contributed by atoms with Crippen LogP contribution in [0.25, 0.3) is 22.4 Å². The van der Waals surface area contributed by atoms with E-state index in [2.05, 4.69) is 0 Å². The fourth-order valence-corrected chi connectivity index (χ4v) is 5.57. The van der Waals surface area contributed by atoms with Gasteiger partial charge < -0.3 is 9.32 Å². The molecule has 1 fully saturated rings. The van der Waals surface area contributed by atoms with E-state index in [-0.39, 0.29) is 35.5 Å². The molecule has 5 rings (SSSR count). The van der Waals surface area contributed by atoms with Crippen molar-refractivity contribution in [1.82, 2.24) is 14.5 Å². The Bertz CT molecular complexity index is 1470. The lowest BCUT2D eigenvalue weighted by atomic mass is 9.97. The molecule has 1 amide bonds. The molecule has 2 aromatic heterocycles. The number of rotatable bonds is 6. The van der Waals surface area contributed by atoms with E-state index in [0.717, 1.165) is 17.8 Å². The molecule has 1 aliphatic rings. The van der Waals surface area contributed by atoms with Crippen molar-refractivity contribution in [2.75, 3.05) is 13.1 Å². The molecular weight excluding hydrogens is 492 g/mol. The summed E-state index contributed by atoms with van der Waals surface area (Å²) in [7, 11) is 0. The topological polar surface area (TPSA) is 111 Å². The van der Waals surface area contributed by atoms with Gasteiger partial charge in [0.1, 0.15) is 5.02 Å². The Morgan fingerprint density at radius 3 is 2.77 bits per heavy atom. The second kappa shape index (κ2) is 9.63. The lowest BCUT2D eigenvalue weighted by Gasteiger charge is -2.31. The predicted molar refractivity (Wildman–Crippen MR) is 133 cm³/mol. The number of aryl methyl sites for hydroxylation is 1. The molecule has 0 N–H and O–H groups in total. The Kier molecular flexibility index (Phi) is 6.40. The third kappa shape index (κ3) is 4.71. The van der Waals surface area contributed by atoms with Crippen molar-refractivity contribution in [3.8, 4) is 11.3 Å². The molecule has 11 heteroatoms. The number of carbonyl (C=O) groups is 1. The number of hydrogen-bond donors (Lipinski definition) is 0. The summed E-state index contributed by atoms with van der Waals surface area (Å²) >= 11 is 7.44. The minimum Gasteiger partial charge on any atom is -0.408 e. The van der Waals surface area contributed by atoms with Gasteiger partial charge in [-0.3, -0.25) is 19.5 Å². The summed E-state index contributed by atoms with van der Waals surface area (Å²) in [5.74, 6) is -0.224. The van der Waals surface area contributed by atoms with E-state index >= 15 is 0 Å². The van der Waals surface area contributed by atoms with E-state index in [0.29, 0.717) is 35.4 Å². The monoisotopic (exact) mass is 512 g/mol. The third-order valence-corrected chi connectivity index (χ3v) is 7.61. The maximum Gasteiger partial charge on any atom is 0.419 e. The van der Waals surface area contributed by atoms with Gasteiger partial charge in [0.05, 0.1) is 21.1 Å². The first-order chi connectivity index (χ1) is 16.9. The van der Waals surface area contributed by atoms with E-state index in [9.17, 15) is 19.7 Å². The molecule has 0 aliphatic carbocycles. The van der Waals surface area contributed by atoms with E-state index in [1.165, 1.54) is 28.0 Å². The smallest absolute Gasteiger partial charge is 0.408 e. The van der Waals surface area contributed by atoms with Gasteiger partial charge >= 0.3 is 5.76 Å². The van der Waals surface area contributed by atoms with Crippen molar-refractivity contribution in [3.63, 3.8) is 0 Å². The summed E-state index contributed by atoms with van der Waals surface area (Å²) in [5.41, 5.74) is 2.40. The molecule has 4 aromatic rings. The number of nitrogens with zero attached hydrogens (tertiary/aromatic N) is 4. The van der Waals surface area contributed by atoms with Crippen LogP contribution in [0, 0.1) is 10.1 Å². The predicted octanol–water partition coefficient (Wildman–Crippen LogP) is 5.08. The molecule has 2 aromatic carbocycles. The molecule has 1 aliphatic heterocycles. The first-order valence-corrected chi connectivity index (χ1v) is 12.4. The maximum absolute atomic E-state index is 12.8. The Morgan fingerprint density at radius 2 is 2.00 bits per heavy atom. The minimum absolute atomic E-state index is 0.00827. The number of nitro benzene ring substituents is 1. The highest BCUT2D eigenvalue weighted by Gasteiger charge is 2.26. The zero-order chi connectivity index (χ0) is 24.5. The van der Waals surface area contributed by atoms with Crippen LogP contribution in [-0.4, -0.2) is 38.4 Å². The number of aromatic nitrogens is 2. The van der Waals surface area contributed by atoms with Crippen molar-refractivity contribution in [2.24, 2.45) is 0 Å². The van der Waals surface area contributed by atoms with Crippen LogP contribution in [0.15, 0.2) is 57.1 Å². The van der Waals surface area contributed by atoms with Gasteiger partial charge in [-0.1, -0.05) is 29.8 Å². The summed E-state index contributed by atoms with van der Waals surface area (Å²) in [4.78, 5) is 42.1. The molecule has 1 saturated heterocycles. The number of benzene rings is 2. The van der Waals surface area contributed by atoms with Gasteiger partial charge in [0.15, 0.2) is 5.58 Å². The second-order valence-electron chi connectivity index (χ2n) is 8.39. The molecule has 0 unspecified atom stereocenters. The number of piperidine rings is 1. The van der Waals surface area contributed by atoms with Crippen molar-refractivity contribution >= 4 is 45.6 Å². The van der Waals surface area contributed by atoms with Crippen LogP contribution in [-0.2, 0) is 11.3 Å². The normalized spacial score (nSPS) is 14.5. The van der Waals surface area contributed by atoms with Crippen LogP contribution in [0.4, 0.5) is 5.69 Å². The third-order valence-electron chi connectivity index (χ3n) is 6.28. The molecule has 0 spiro atoms. The average Bonchev–Trinajstić information content (AvgIpc) is 3.47. The molecule has 180 valence electrons. The Morgan fingerprint density at radius 1 is 1.23 bits per heavy atom. The van der Waals surface area contributed by atoms with Crippen molar-refractivity contribution < 1.29 is 14.1 Å². The number of nitro groups is 1. The first kappa shape index (κ1) is 23.3. The standard InChI is InChI=1S/C24H21ClN4O5S/c25-17-6-5-16(13-20(17)29(32)33)18-14-35-23(26-18)15-7-10-27(11-8-15)22(30)9-12-28-19-3-1-2-4-21(19)34-24(28)31/h1-6,13-15H,7-12H2. The number of thiazole rings is 1. The zero-order valence-corrected chi connectivity index (χ0v) is 20.1. The summed E-state index contributed by atoms with van der Waals surface area (Å²) in [6.45, 7) is 1.51. The molecule has 0 bridgehead atoms. The largest absolute Gasteiger partial charge is 0.419 e. The minimum atomic E-state index is -0.503. The van der Waals surface area contributed by atoms with Crippen LogP contribution in [0.3, 0.4) is 0 Å². The van der Waals surface area contributed by atoms with Gasteiger partial charge in [0, 0.05) is 49.0 Å². The average molecular weight is 513 g/mol. The molecule has 3 heterocycles. The molecule has 0 radical (unpaired) electrons. The van der Waals surface area contributed by atoms with Crippen LogP contribution in [0.5, 0.6) is 0 Å². The number of hydrogen-bond acceptors (Lipinski definition) is 7. The van der Waals surface area contributed by atoms with Crippen LogP contribution in [0.2, 0.25) is 5.02 Å². The second-order valence-corrected chi connectivity index (χ2v) is 9.68. The Hall–Kier alpha value is -3.50. The Labute approximate surface area is 208 Å². The number of oxazole rings is 1. The number of carbonyl (C=O) groups excluding carboxylic acids is 1. The quantitative estimate of drug-likeness (QED) is 0.263. The fraction of sp³-hybridized carbons (Fsp3) is 0.292. The van der Waals surface area contributed by atoms with Gasteiger partial charge in [-0.2, -0.15) is 0 Å². The van der Waals surface area contributed by atoms with Gasteiger partial charge in [0.25, 0.3) is 5.69 Å². The van der Waals surface area contributed by atoms with E-state index in [4.69, 9.17) is 21.0 Å². The first-order valence-electron chi connectivity index (χ1n) is 11.2. The summed E-state index contributed by atoms with van der Waals surface area (Å²) in [6, 6.07) is 11.9. The summed E-state index contributed by atoms with van der Waals surface area (Å²) in [5, 5.41) is 14.1. The molecule has 0 saturated carbocycles. The van der Waals surface area contributed by atoms with Gasteiger partial charge in [0.2, 0.25) is 5.91 Å². The van der Waals surface area contributed by atoms with Gasteiger partial charge in [-0.05, 0) is 31.0 Å². The van der Waals surface area contributed by atoms with Crippen LogP contribution in [0.1, 0.15) is 30.2 Å². The fourth-order valence-electron chi connectivity index (χ4n) is 4.39. The highest BCUT2D eigenvalue weighted by atomic mass is 35.5. The highest BCUT2D eigenvalue weighted by molar-refractivity contribution is 7.10. The number of amides is 1. The molecule has 35 heavy (non-hydrogen) atoms. The summed E-state index contributed by atoms with van der Waals surface area (Å²) < 4.78 is 6.73. The number of para-hydroxylation sites is 2. The zero-order valence-electron chi connectivity index (χ0n) is 18.6. The number of fused-ring (bicyclic) bond motifs is 1. The van der Waals surface area contributed by atoms with Crippen molar-refractivity contribution in [3.05, 3.63) is 78.5 Å². The van der Waals surface area contributed by atoms with E-state index in [1.54, 1.807) is 24.3 Å². The van der Waals surface area contributed by atoms with Crippen molar-refractivity contribution in [2.45, 2.75) is 31.7 Å². The Balaban J connectivity index is 1.19. The highest BCUT2D eigenvalue weighted by Crippen LogP contribution is 2.35. The van der Waals surface area contributed by atoms with Crippen molar-refractivity contribution in [1.29, 1.82) is 0 Å². The molecule has 0 atom stereocenters. The van der Waals surface area contributed by atoms with Crippen LogP contribution >= 0.6 is 22.9 Å². The molecular formula is C24H21ClN4O5S. The summed E-state index contributed by atoms with van der Waals surface area (Å²) in [6.07, 6.45) is 1.80. The lowest BCUT2D eigenvalue weighted by molar-refractivity contribution is -0.384.